The van der Waals surface area contributed by atoms with Gasteiger partial charge in [-0.15, -0.1) is 0 Å². The molecule has 188 valence electrons. The minimum Gasteiger partial charge on any atom is -0.481 e. The highest BCUT2D eigenvalue weighted by Gasteiger charge is 2.30. The zero-order chi connectivity index (χ0) is 26.3. The summed E-state index contributed by atoms with van der Waals surface area (Å²) >= 11 is 0. The maximum atomic E-state index is 13.2. The van der Waals surface area contributed by atoms with E-state index >= 15 is 0 Å². The first-order valence-corrected chi connectivity index (χ1v) is 11.7. The van der Waals surface area contributed by atoms with Gasteiger partial charge in [0.15, 0.2) is 0 Å². The Hall–Kier alpha value is -4.07. The smallest absolute Gasteiger partial charge is 0.306 e. The maximum absolute atomic E-state index is 13.2. The van der Waals surface area contributed by atoms with Gasteiger partial charge in [-0.05, 0) is 56.5 Å². The lowest BCUT2D eigenvalue weighted by Gasteiger charge is -2.30. The highest BCUT2D eigenvalue weighted by Crippen LogP contribution is 2.18. The zero-order valence-corrected chi connectivity index (χ0v) is 20.5. The number of benzene rings is 2. The second-order valence-corrected chi connectivity index (χ2v) is 9.48. The van der Waals surface area contributed by atoms with Crippen LogP contribution in [0.15, 0.2) is 72.9 Å². The maximum Gasteiger partial charge on any atom is 0.306 e. The van der Waals surface area contributed by atoms with Gasteiger partial charge in [-0.25, -0.2) is 4.39 Å². The lowest BCUT2D eigenvalue weighted by molar-refractivity contribution is -0.141. The lowest BCUT2D eigenvalue weighted by atomic mass is 9.93. The van der Waals surface area contributed by atoms with Crippen molar-refractivity contribution in [2.45, 2.75) is 45.2 Å². The minimum absolute atomic E-state index is 0.0882. The number of aliphatic carboxylic acids is 1. The third-order valence-electron chi connectivity index (χ3n) is 5.75. The van der Waals surface area contributed by atoms with Crippen molar-refractivity contribution in [1.29, 1.82) is 0 Å². The molecule has 3 N–H and O–H groups in total. The molecule has 0 bridgehead atoms. The first-order chi connectivity index (χ1) is 17.0. The fraction of sp³-hybridized carbons (Fsp3) is 0.286. The molecule has 3 aromatic rings. The Labute approximate surface area is 209 Å². The molecule has 0 aliphatic heterocycles. The Morgan fingerprint density at radius 1 is 1.00 bits per heavy atom. The van der Waals surface area contributed by atoms with Gasteiger partial charge in [0, 0.05) is 17.3 Å². The summed E-state index contributed by atoms with van der Waals surface area (Å²) in [7, 11) is 0. The van der Waals surface area contributed by atoms with Gasteiger partial charge in [-0.2, -0.15) is 0 Å². The van der Waals surface area contributed by atoms with Crippen molar-refractivity contribution in [2.24, 2.45) is 5.92 Å². The molecular formula is C28H30FN3O4. The highest BCUT2D eigenvalue weighted by atomic mass is 19.1. The molecule has 0 spiro atoms. The Kier molecular flexibility index (Phi) is 8.53. The summed E-state index contributed by atoms with van der Waals surface area (Å²) in [6, 6.07) is 17.7. The highest BCUT2D eigenvalue weighted by molar-refractivity contribution is 5.97. The second-order valence-electron chi connectivity index (χ2n) is 9.48. The summed E-state index contributed by atoms with van der Waals surface area (Å²) in [5.41, 5.74) is 1.94. The van der Waals surface area contributed by atoms with Crippen molar-refractivity contribution in [3.63, 3.8) is 0 Å². The number of carboxylic acids is 1. The van der Waals surface area contributed by atoms with Gasteiger partial charge in [0.2, 0.25) is 5.91 Å². The molecule has 2 aromatic carbocycles. The van der Waals surface area contributed by atoms with Gasteiger partial charge < -0.3 is 15.7 Å². The van der Waals surface area contributed by atoms with Crippen molar-refractivity contribution >= 4 is 17.8 Å². The molecule has 0 fully saturated rings. The van der Waals surface area contributed by atoms with Gasteiger partial charge in [0.25, 0.3) is 5.91 Å². The Morgan fingerprint density at radius 3 is 2.25 bits per heavy atom. The molecule has 0 aliphatic carbocycles. The fourth-order valence-electron chi connectivity index (χ4n) is 3.81. The van der Waals surface area contributed by atoms with E-state index < -0.39 is 35.3 Å². The number of halogens is 1. The standard InChI is InChI=1S/C28H30FN3O4/c1-18(27(35)36)15-24(26(34)32-28(2,3)16-19-9-12-22(29)13-10-19)31-25(33)21-11-14-23(30-17-21)20-7-5-4-6-8-20/h4-14,17-18,24H,15-16H2,1-3H3,(H,31,33)(H,32,34)(H,35,36)/t18-,24-/m0/s1. The number of pyridine rings is 1. The minimum atomic E-state index is -1.08. The number of hydrogen-bond donors (Lipinski definition) is 3. The van der Waals surface area contributed by atoms with Crippen molar-refractivity contribution in [3.8, 4) is 11.3 Å². The van der Waals surface area contributed by atoms with Gasteiger partial charge in [-0.3, -0.25) is 19.4 Å². The average Bonchev–Trinajstić information content (AvgIpc) is 2.85. The molecule has 0 saturated heterocycles. The van der Waals surface area contributed by atoms with Crippen LogP contribution in [0.4, 0.5) is 4.39 Å². The molecule has 0 radical (unpaired) electrons. The fourth-order valence-corrected chi connectivity index (χ4v) is 3.81. The number of carboxylic acid groups (broad SMARTS) is 1. The second kappa shape index (κ2) is 11.6. The van der Waals surface area contributed by atoms with Crippen LogP contribution >= 0.6 is 0 Å². The third-order valence-corrected chi connectivity index (χ3v) is 5.75. The Balaban J connectivity index is 1.72. The molecule has 7 nitrogen and oxygen atoms in total. The molecule has 0 aliphatic rings. The summed E-state index contributed by atoms with van der Waals surface area (Å²) < 4.78 is 13.2. The van der Waals surface area contributed by atoms with Crippen LogP contribution in [0.5, 0.6) is 0 Å². The van der Waals surface area contributed by atoms with Gasteiger partial charge in [-0.1, -0.05) is 49.4 Å². The number of hydrogen-bond acceptors (Lipinski definition) is 4. The molecule has 0 saturated carbocycles. The molecule has 8 heteroatoms. The van der Waals surface area contributed by atoms with Crippen LogP contribution in [0.25, 0.3) is 11.3 Å². The molecule has 36 heavy (non-hydrogen) atoms. The Bertz CT molecular complexity index is 1200. The van der Waals surface area contributed by atoms with E-state index in [1.807, 2.05) is 30.3 Å². The average molecular weight is 492 g/mol. The summed E-state index contributed by atoms with van der Waals surface area (Å²) in [5, 5.41) is 14.9. The van der Waals surface area contributed by atoms with Crippen LogP contribution in [0.3, 0.4) is 0 Å². The third kappa shape index (κ3) is 7.46. The monoisotopic (exact) mass is 491 g/mol. The number of nitrogens with one attached hydrogen (secondary N) is 2. The van der Waals surface area contributed by atoms with Gasteiger partial charge in [0.05, 0.1) is 17.2 Å². The van der Waals surface area contributed by atoms with Crippen LogP contribution < -0.4 is 10.6 Å². The molecular weight excluding hydrogens is 461 g/mol. The number of carbonyl (C=O) groups is 3. The first-order valence-electron chi connectivity index (χ1n) is 11.7. The molecule has 1 aromatic heterocycles. The molecule has 1 heterocycles. The van der Waals surface area contributed by atoms with Gasteiger partial charge in [0.1, 0.15) is 11.9 Å². The lowest BCUT2D eigenvalue weighted by Crippen LogP contribution is -2.54. The number of amides is 2. The van der Waals surface area contributed by atoms with Crippen molar-refractivity contribution in [2.75, 3.05) is 0 Å². The summed E-state index contributed by atoms with van der Waals surface area (Å²) in [6.07, 6.45) is 1.75. The number of aromatic nitrogens is 1. The SMILES string of the molecule is C[C@@H](C[C@H](NC(=O)c1ccc(-c2ccccc2)nc1)C(=O)NC(C)(C)Cc1ccc(F)cc1)C(=O)O. The van der Waals surface area contributed by atoms with Crippen molar-refractivity contribution in [1.82, 2.24) is 15.6 Å². The van der Waals surface area contributed by atoms with Crippen molar-refractivity contribution < 1.29 is 23.9 Å². The zero-order valence-electron chi connectivity index (χ0n) is 20.5. The van der Waals surface area contributed by atoms with E-state index in [9.17, 15) is 23.9 Å². The number of carbonyl (C=O) groups excluding carboxylic acids is 2. The number of nitrogens with zero attached hydrogens (tertiary/aromatic N) is 1. The predicted molar refractivity (Wildman–Crippen MR) is 135 cm³/mol. The molecule has 0 unspecified atom stereocenters. The summed E-state index contributed by atoms with van der Waals surface area (Å²) in [5.74, 6) is -3.31. The van der Waals surface area contributed by atoms with Gasteiger partial charge >= 0.3 is 5.97 Å². The van der Waals surface area contributed by atoms with Crippen LogP contribution in [-0.4, -0.2) is 39.5 Å². The molecule has 2 atom stereocenters. The van der Waals surface area contributed by atoms with E-state index in [0.29, 0.717) is 12.1 Å². The number of rotatable bonds is 10. The van der Waals surface area contributed by atoms with E-state index in [2.05, 4.69) is 15.6 Å². The van der Waals surface area contributed by atoms with Crippen LogP contribution in [-0.2, 0) is 16.0 Å². The Morgan fingerprint density at radius 2 is 1.67 bits per heavy atom. The molecule has 3 rings (SSSR count). The topological polar surface area (TPSA) is 108 Å². The largest absolute Gasteiger partial charge is 0.481 e. The predicted octanol–water partition coefficient (Wildman–Crippen LogP) is 4.23. The molecule has 2 amide bonds. The summed E-state index contributed by atoms with van der Waals surface area (Å²) in [6.45, 7) is 5.09. The van der Waals surface area contributed by atoms with E-state index in [-0.39, 0.29) is 17.8 Å². The van der Waals surface area contributed by atoms with E-state index in [4.69, 9.17) is 0 Å². The normalized spacial score (nSPS) is 12.9. The van der Waals surface area contributed by atoms with Crippen LogP contribution in [0.1, 0.15) is 43.1 Å². The summed E-state index contributed by atoms with van der Waals surface area (Å²) in [4.78, 5) is 41.9. The van der Waals surface area contributed by atoms with Crippen LogP contribution in [0, 0.1) is 11.7 Å². The van der Waals surface area contributed by atoms with Crippen molar-refractivity contribution in [3.05, 3.63) is 89.9 Å². The first kappa shape index (κ1) is 26.5. The quantitative estimate of drug-likeness (QED) is 0.393. The van der Waals surface area contributed by atoms with E-state index in [0.717, 1.165) is 11.1 Å². The van der Waals surface area contributed by atoms with E-state index in [1.165, 1.54) is 25.3 Å². The van der Waals surface area contributed by atoms with E-state index in [1.54, 1.807) is 38.1 Å². The van der Waals surface area contributed by atoms with Crippen LogP contribution in [0.2, 0.25) is 0 Å².